The number of rotatable bonds is 10. The van der Waals surface area contributed by atoms with Crippen LogP contribution in [-0.4, -0.2) is 70.5 Å². The number of methoxy groups -OCH3 is 1. The zero-order chi connectivity index (χ0) is 18.5. The fourth-order valence-electron chi connectivity index (χ4n) is 2.98. The van der Waals surface area contributed by atoms with Crippen molar-refractivity contribution in [1.29, 1.82) is 0 Å². The maximum atomic E-state index is 5.38. The number of aliphatic imine (C=N–C) groups is 1. The van der Waals surface area contributed by atoms with Crippen molar-refractivity contribution in [2.75, 3.05) is 59.6 Å². The summed E-state index contributed by atoms with van der Waals surface area (Å²) in [7, 11) is 1.71. The lowest BCUT2D eigenvalue weighted by Gasteiger charge is -2.26. The summed E-state index contributed by atoms with van der Waals surface area (Å²) < 4.78 is 10.7. The Morgan fingerprint density at radius 3 is 2.78 bits per heavy atom. The van der Waals surface area contributed by atoms with E-state index in [1.807, 2.05) is 12.1 Å². The second kappa shape index (κ2) is 14.9. The summed E-state index contributed by atoms with van der Waals surface area (Å²) in [6, 6.07) is 8.25. The summed E-state index contributed by atoms with van der Waals surface area (Å²) in [5, 5.41) is 6.76. The highest BCUT2D eigenvalue weighted by Gasteiger charge is 2.09. The summed E-state index contributed by atoms with van der Waals surface area (Å²) in [4.78, 5) is 7.15. The van der Waals surface area contributed by atoms with E-state index in [0.717, 1.165) is 83.5 Å². The van der Waals surface area contributed by atoms with Crippen LogP contribution in [0.4, 0.5) is 0 Å². The number of hydrogen-bond acceptors (Lipinski definition) is 4. The first-order valence-corrected chi connectivity index (χ1v) is 9.77. The van der Waals surface area contributed by atoms with Crippen molar-refractivity contribution < 1.29 is 9.47 Å². The predicted molar refractivity (Wildman–Crippen MR) is 123 cm³/mol. The normalized spacial score (nSPS) is 15.1. The van der Waals surface area contributed by atoms with Crippen molar-refractivity contribution in [3.63, 3.8) is 0 Å². The molecule has 7 heteroatoms. The van der Waals surface area contributed by atoms with E-state index >= 15 is 0 Å². The van der Waals surface area contributed by atoms with Crippen LogP contribution < -0.4 is 15.4 Å². The summed E-state index contributed by atoms with van der Waals surface area (Å²) >= 11 is 0. The van der Waals surface area contributed by atoms with Gasteiger partial charge in [-0.3, -0.25) is 9.89 Å². The molecule has 2 N–H and O–H groups in total. The second-order valence-electron chi connectivity index (χ2n) is 6.45. The number of guanidine groups is 1. The summed E-state index contributed by atoms with van der Waals surface area (Å²) in [5.41, 5.74) is 1.29. The topological polar surface area (TPSA) is 58.1 Å². The third kappa shape index (κ3) is 10.2. The molecule has 0 saturated carbocycles. The minimum absolute atomic E-state index is 0. The molecule has 1 saturated heterocycles. The van der Waals surface area contributed by atoms with Gasteiger partial charge in [0, 0.05) is 32.7 Å². The SMILES string of the molecule is CCNC(=NCCCc1cccc(OC)c1)NCCCN1CCOCC1.I. The maximum absolute atomic E-state index is 5.38. The predicted octanol–water partition coefficient (Wildman–Crippen LogP) is 2.52. The lowest BCUT2D eigenvalue weighted by Crippen LogP contribution is -2.40. The van der Waals surface area contributed by atoms with Gasteiger partial charge < -0.3 is 20.1 Å². The number of ether oxygens (including phenoxy) is 2. The molecule has 0 unspecified atom stereocenters. The summed E-state index contributed by atoms with van der Waals surface area (Å²) in [5.74, 6) is 1.83. The van der Waals surface area contributed by atoms with Crippen molar-refractivity contribution in [1.82, 2.24) is 15.5 Å². The van der Waals surface area contributed by atoms with Crippen LogP contribution in [0.15, 0.2) is 29.3 Å². The van der Waals surface area contributed by atoms with E-state index in [0.29, 0.717) is 0 Å². The Morgan fingerprint density at radius 2 is 2.04 bits per heavy atom. The van der Waals surface area contributed by atoms with Crippen LogP contribution in [0, 0.1) is 0 Å². The minimum Gasteiger partial charge on any atom is -0.497 e. The van der Waals surface area contributed by atoms with Gasteiger partial charge in [0.15, 0.2) is 5.96 Å². The molecule has 0 atom stereocenters. The zero-order valence-electron chi connectivity index (χ0n) is 16.7. The van der Waals surface area contributed by atoms with Gasteiger partial charge >= 0.3 is 0 Å². The van der Waals surface area contributed by atoms with E-state index in [-0.39, 0.29) is 24.0 Å². The van der Waals surface area contributed by atoms with Crippen molar-refractivity contribution in [2.45, 2.75) is 26.2 Å². The zero-order valence-corrected chi connectivity index (χ0v) is 19.0. The largest absolute Gasteiger partial charge is 0.497 e. The molecule has 0 spiro atoms. The second-order valence-corrected chi connectivity index (χ2v) is 6.45. The molecule has 1 heterocycles. The van der Waals surface area contributed by atoms with E-state index in [1.54, 1.807) is 7.11 Å². The summed E-state index contributed by atoms with van der Waals surface area (Å²) in [6.07, 6.45) is 3.16. The van der Waals surface area contributed by atoms with Gasteiger partial charge in [0.2, 0.25) is 0 Å². The number of nitrogens with one attached hydrogen (secondary N) is 2. The first-order chi connectivity index (χ1) is 12.8. The van der Waals surface area contributed by atoms with Gasteiger partial charge in [-0.25, -0.2) is 0 Å². The van der Waals surface area contributed by atoms with Crippen molar-refractivity contribution in [3.8, 4) is 5.75 Å². The summed E-state index contributed by atoms with van der Waals surface area (Å²) in [6.45, 7) is 9.69. The third-order valence-corrected chi connectivity index (χ3v) is 4.42. The van der Waals surface area contributed by atoms with Crippen LogP contribution >= 0.6 is 24.0 Å². The van der Waals surface area contributed by atoms with Gasteiger partial charge in [0.05, 0.1) is 20.3 Å². The maximum Gasteiger partial charge on any atom is 0.191 e. The van der Waals surface area contributed by atoms with E-state index in [2.05, 4.69) is 39.6 Å². The first kappa shape index (κ1) is 24.0. The molecule has 1 aliphatic rings. The lowest BCUT2D eigenvalue weighted by molar-refractivity contribution is 0.0376. The molecule has 6 nitrogen and oxygen atoms in total. The highest BCUT2D eigenvalue weighted by Crippen LogP contribution is 2.13. The van der Waals surface area contributed by atoms with E-state index in [1.165, 1.54) is 5.56 Å². The monoisotopic (exact) mass is 490 g/mol. The minimum atomic E-state index is 0. The highest BCUT2D eigenvalue weighted by molar-refractivity contribution is 14.0. The van der Waals surface area contributed by atoms with Gasteiger partial charge in [0.1, 0.15) is 5.75 Å². The Kier molecular flexibility index (Phi) is 13.3. The standard InChI is InChI=1S/C20H34N4O2.HI/c1-3-21-20(23-11-6-12-24-13-15-26-16-14-24)22-10-5-8-18-7-4-9-19(17-18)25-2;/h4,7,9,17H,3,5-6,8,10-16H2,1-2H3,(H2,21,22,23);1H. The Bertz CT molecular complexity index is 536. The molecule has 2 rings (SSSR count). The lowest BCUT2D eigenvalue weighted by atomic mass is 10.1. The third-order valence-electron chi connectivity index (χ3n) is 4.42. The molecule has 1 aliphatic heterocycles. The smallest absolute Gasteiger partial charge is 0.191 e. The van der Waals surface area contributed by atoms with Crippen LogP contribution in [0.5, 0.6) is 5.75 Å². The van der Waals surface area contributed by atoms with Crippen molar-refractivity contribution in [3.05, 3.63) is 29.8 Å². The fourth-order valence-corrected chi connectivity index (χ4v) is 2.98. The molecular weight excluding hydrogens is 455 g/mol. The average molecular weight is 490 g/mol. The Labute approximate surface area is 181 Å². The van der Waals surface area contributed by atoms with Gasteiger partial charge in [-0.05, 0) is 50.4 Å². The fraction of sp³-hybridized carbons (Fsp3) is 0.650. The van der Waals surface area contributed by atoms with Gasteiger partial charge in [0.25, 0.3) is 0 Å². The molecule has 154 valence electrons. The molecule has 0 aliphatic carbocycles. The number of hydrogen-bond donors (Lipinski definition) is 2. The first-order valence-electron chi connectivity index (χ1n) is 9.77. The van der Waals surface area contributed by atoms with Crippen LogP contribution in [0.3, 0.4) is 0 Å². The number of benzene rings is 1. The molecule has 0 amide bonds. The Morgan fingerprint density at radius 1 is 1.22 bits per heavy atom. The van der Waals surface area contributed by atoms with E-state index in [4.69, 9.17) is 9.47 Å². The van der Waals surface area contributed by atoms with E-state index in [9.17, 15) is 0 Å². The molecule has 0 bridgehead atoms. The van der Waals surface area contributed by atoms with Crippen LogP contribution in [0.2, 0.25) is 0 Å². The van der Waals surface area contributed by atoms with Crippen molar-refractivity contribution >= 4 is 29.9 Å². The molecular formula is C20H35IN4O2. The molecule has 0 aromatic heterocycles. The number of morpholine rings is 1. The van der Waals surface area contributed by atoms with E-state index < -0.39 is 0 Å². The Balaban J connectivity index is 0.00000364. The van der Waals surface area contributed by atoms with Crippen molar-refractivity contribution in [2.24, 2.45) is 4.99 Å². The molecule has 0 radical (unpaired) electrons. The highest BCUT2D eigenvalue weighted by atomic mass is 127. The van der Waals surface area contributed by atoms with Crippen LogP contribution in [0.25, 0.3) is 0 Å². The number of halogens is 1. The van der Waals surface area contributed by atoms with Crippen LogP contribution in [-0.2, 0) is 11.2 Å². The quantitative estimate of drug-likeness (QED) is 0.229. The molecule has 1 fully saturated rings. The average Bonchev–Trinajstić information content (AvgIpc) is 2.69. The Hall–Kier alpha value is -1.06. The van der Waals surface area contributed by atoms with Gasteiger partial charge in [-0.15, -0.1) is 24.0 Å². The number of nitrogens with zero attached hydrogens (tertiary/aromatic N) is 2. The molecule has 27 heavy (non-hydrogen) atoms. The molecule has 1 aromatic carbocycles. The molecule has 1 aromatic rings. The number of aryl methyl sites for hydroxylation is 1. The van der Waals surface area contributed by atoms with Gasteiger partial charge in [-0.2, -0.15) is 0 Å². The van der Waals surface area contributed by atoms with Gasteiger partial charge in [-0.1, -0.05) is 12.1 Å². The van der Waals surface area contributed by atoms with Crippen LogP contribution in [0.1, 0.15) is 25.3 Å².